The van der Waals surface area contributed by atoms with E-state index in [9.17, 15) is 4.39 Å². The number of rotatable bonds is 4. The van der Waals surface area contributed by atoms with Gasteiger partial charge in [0.2, 0.25) is 0 Å². The van der Waals surface area contributed by atoms with Gasteiger partial charge in [-0.15, -0.1) is 0 Å². The Balaban J connectivity index is 1.73. The summed E-state index contributed by atoms with van der Waals surface area (Å²) in [6.45, 7) is 0.930. The van der Waals surface area contributed by atoms with Gasteiger partial charge in [0.1, 0.15) is 17.3 Å². The van der Waals surface area contributed by atoms with E-state index < -0.39 is 5.82 Å². The van der Waals surface area contributed by atoms with E-state index in [0.29, 0.717) is 24.5 Å². The molecule has 3 nitrogen and oxygen atoms in total. The molecule has 1 aliphatic heterocycles. The first-order valence-electron chi connectivity index (χ1n) is 7.01. The second kappa shape index (κ2) is 6.14. The van der Waals surface area contributed by atoms with Crippen LogP contribution in [0.1, 0.15) is 23.5 Å². The van der Waals surface area contributed by atoms with Crippen molar-refractivity contribution in [2.45, 2.75) is 18.9 Å². The number of halogens is 1. The molecule has 0 saturated carbocycles. The van der Waals surface area contributed by atoms with E-state index in [1.165, 1.54) is 12.1 Å². The van der Waals surface area contributed by atoms with Gasteiger partial charge < -0.3 is 14.6 Å². The number of aliphatic hydroxyl groups excluding tert-OH is 1. The van der Waals surface area contributed by atoms with Crippen molar-refractivity contribution in [3.8, 4) is 11.5 Å². The number of fused-ring (bicyclic) bond motifs is 1. The fourth-order valence-electron chi connectivity index (χ4n) is 2.58. The minimum absolute atomic E-state index is 0.200. The molecule has 2 aromatic rings. The Labute approximate surface area is 122 Å². The highest BCUT2D eigenvalue weighted by Gasteiger charge is 2.21. The maximum atomic E-state index is 13.4. The van der Waals surface area contributed by atoms with Crippen LogP contribution in [0.3, 0.4) is 0 Å². The topological polar surface area (TPSA) is 38.7 Å². The van der Waals surface area contributed by atoms with Crippen LogP contribution in [-0.2, 0) is 6.61 Å². The molecule has 1 aliphatic rings. The first kappa shape index (κ1) is 13.9. The minimum Gasteiger partial charge on any atom is -0.493 e. The van der Waals surface area contributed by atoms with Crippen LogP contribution >= 0.6 is 0 Å². The standard InChI is InChI=1S/C17H17FO3/c18-14-7-12(10-19)8-15(9-14)21-11-13-5-6-20-17-4-2-1-3-16(13)17/h1-4,7-9,13,19H,5-6,10-11H2. The molecule has 1 N–H and O–H groups in total. The van der Waals surface area contributed by atoms with E-state index in [-0.39, 0.29) is 12.5 Å². The van der Waals surface area contributed by atoms with Crippen LogP contribution in [0, 0.1) is 5.82 Å². The molecule has 1 unspecified atom stereocenters. The molecular formula is C17H17FO3. The zero-order chi connectivity index (χ0) is 14.7. The Morgan fingerprint density at radius 1 is 1.24 bits per heavy atom. The molecule has 3 rings (SSSR count). The summed E-state index contributed by atoms with van der Waals surface area (Å²) in [6.07, 6.45) is 0.874. The lowest BCUT2D eigenvalue weighted by molar-refractivity contribution is 0.216. The Morgan fingerprint density at radius 3 is 2.95 bits per heavy atom. The summed E-state index contributed by atoms with van der Waals surface area (Å²) in [5, 5.41) is 9.09. The fourth-order valence-corrected chi connectivity index (χ4v) is 2.58. The molecule has 2 aromatic carbocycles. The lowest BCUT2D eigenvalue weighted by Crippen LogP contribution is -2.19. The third-order valence-electron chi connectivity index (χ3n) is 3.65. The van der Waals surface area contributed by atoms with Crippen molar-refractivity contribution < 1.29 is 19.0 Å². The van der Waals surface area contributed by atoms with E-state index >= 15 is 0 Å². The van der Waals surface area contributed by atoms with Gasteiger partial charge in [-0.25, -0.2) is 4.39 Å². The average Bonchev–Trinajstić information content (AvgIpc) is 2.52. The van der Waals surface area contributed by atoms with E-state index in [1.54, 1.807) is 6.07 Å². The van der Waals surface area contributed by atoms with E-state index in [0.717, 1.165) is 17.7 Å². The third kappa shape index (κ3) is 3.16. The van der Waals surface area contributed by atoms with Gasteiger partial charge in [0.05, 0.1) is 19.8 Å². The summed E-state index contributed by atoms with van der Waals surface area (Å²) >= 11 is 0. The summed E-state index contributed by atoms with van der Waals surface area (Å²) in [6, 6.07) is 12.2. The molecule has 0 aromatic heterocycles. The van der Waals surface area contributed by atoms with Crippen molar-refractivity contribution >= 4 is 0 Å². The number of ether oxygens (including phenoxy) is 2. The molecule has 0 spiro atoms. The minimum atomic E-state index is -0.399. The van der Waals surface area contributed by atoms with Crippen LogP contribution in [0.5, 0.6) is 11.5 Å². The van der Waals surface area contributed by atoms with Crippen molar-refractivity contribution in [2.24, 2.45) is 0 Å². The molecule has 0 radical (unpaired) electrons. The molecule has 1 heterocycles. The third-order valence-corrected chi connectivity index (χ3v) is 3.65. The smallest absolute Gasteiger partial charge is 0.127 e. The van der Waals surface area contributed by atoms with Gasteiger partial charge in [0.25, 0.3) is 0 Å². The highest BCUT2D eigenvalue weighted by Crippen LogP contribution is 2.33. The zero-order valence-corrected chi connectivity index (χ0v) is 11.6. The Kier molecular flexibility index (Phi) is 4.06. The predicted octanol–water partition coefficient (Wildman–Crippen LogP) is 3.26. The van der Waals surface area contributed by atoms with Gasteiger partial charge in [-0.3, -0.25) is 0 Å². The second-order valence-corrected chi connectivity index (χ2v) is 5.14. The monoisotopic (exact) mass is 288 g/mol. The van der Waals surface area contributed by atoms with Gasteiger partial charge >= 0.3 is 0 Å². The van der Waals surface area contributed by atoms with E-state index in [4.69, 9.17) is 14.6 Å². The summed E-state index contributed by atoms with van der Waals surface area (Å²) in [5.74, 6) is 1.18. The largest absolute Gasteiger partial charge is 0.493 e. The lowest BCUT2D eigenvalue weighted by Gasteiger charge is -2.25. The summed E-state index contributed by atoms with van der Waals surface area (Å²) in [7, 11) is 0. The fraction of sp³-hybridized carbons (Fsp3) is 0.294. The van der Waals surface area contributed by atoms with Crippen LogP contribution in [0.2, 0.25) is 0 Å². The summed E-state index contributed by atoms with van der Waals surface area (Å²) in [5.41, 5.74) is 1.64. The van der Waals surface area contributed by atoms with E-state index in [1.807, 2.05) is 24.3 Å². The molecule has 21 heavy (non-hydrogen) atoms. The zero-order valence-electron chi connectivity index (χ0n) is 11.6. The first-order chi connectivity index (χ1) is 10.3. The second-order valence-electron chi connectivity index (χ2n) is 5.14. The van der Waals surface area contributed by atoms with Crippen LogP contribution in [-0.4, -0.2) is 18.3 Å². The number of hydrogen-bond acceptors (Lipinski definition) is 3. The molecule has 0 fully saturated rings. The number of hydrogen-bond donors (Lipinski definition) is 1. The highest BCUT2D eigenvalue weighted by atomic mass is 19.1. The molecule has 0 amide bonds. The quantitative estimate of drug-likeness (QED) is 0.938. The summed E-state index contributed by atoms with van der Waals surface area (Å²) in [4.78, 5) is 0. The number of benzene rings is 2. The molecule has 110 valence electrons. The van der Waals surface area contributed by atoms with E-state index in [2.05, 4.69) is 0 Å². The van der Waals surface area contributed by atoms with Gasteiger partial charge in [-0.1, -0.05) is 18.2 Å². The number of para-hydroxylation sites is 1. The average molecular weight is 288 g/mol. The SMILES string of the molecule is OCc1cc(F)cc(OCC2CCOc3ccccc32)c1. The van der Waals surface area contributed by atoms with Crippen molar-refractivity contribution in [2.75, 3.05) is 13.2 Å². The van der Waals surface area contributed by atoms with Crippen LogP contribution in [0.4, 0.5) is 4.39 Å². The lowest BCUT2D eigenvalue weighted by atomic mass is 9.94. The Hall–Kier alpha value is -2.07. The van der Waals surface area contributed by atoms with Crippen LogP contribution < -0.4 is 9.47 Å². The van der Waals surface area contributed by atoms with Crippen molar-refractivity contribution in [3.05, 3.63) is 59.4 Å². The van der Waals surface area contributed by atoms with Crippen LogP contribution in [0.15, 0.2) is 42.5 Å². The predicted molar refractivity (Wildman–Crippen MR) is 77.1 cm³/mol. The van der Waals surface area contributed by atoms with Crippen molar-refractivity contribution in [1.82, 2.24) is 0 Å². The molecule has 4 heteroatoms. The van der Waals surface area contributed by atoms with Crippen molar-refractivity contribution in [3.63, 3.8) is 0 Å². The summed E-state index contributed by atoms with van der Waals surface area (Å²) < 4.78 is 24.7. The molecule has 0 saturated heterocycles. The molecular weight excluding hydrogens is 271 g/mol. The van der Waals surface area contributed by atoms with Gasteiger partial charge in [-0.05, 0) is 30.2 Å². The Morgan fingerprint density at radius 2 is 2.10 bits per heavy atom. The molecule has 0 bridgehead atoms. The first-order valence-corrected chi connectivity index (χ1v) is 7.01. The molecule has 1 atom stereocenters. The van der Waals surface area contributed by atoms with Gasteiger partial charge in [0, 0.05) is 17.5 Å². The maximum absolute atomic E-state index is 13.4. The molecule has 0 aliphatic carbocycles. The van der Waals surface area contributed by atoms with Gasteiger partial charge in [-0.2, -0.15) is 0 Å². The highest BCUT2D eigenvalue weighted by molar-refractivity contribution is 5.38. The Bertz CT molecular complexity index is 627. The van der Waals surface area contributed by atoms with Crippen LogP contribution in [0.25, 0.3) is 0 Å². The normalized spacial score (nSPS) is 17.0. The number of aliphatic hydroxyl groups is 1. The van der Waals surface area contributed by atoms with Crippen molar-refractivity contribution in [1.29, 1.82) is 0 Å². The van der Waals surface area contributed by atoms with Gasteiger partial charge in [0.15, 0.2) is 0 Å². The maximum Gasteiger partial charge on any atom is 0.127 e.